The van der Waals surface area contributed by atoms with Crippen molar-refractivity contribution < 1.29 is 9.59 Å². The highest BCUT2D eigenvalue weighted by atomic mass is 16.1. The summed E-state index contributed by atoms with van der Waals surface area (Å²) in [7, 11) is 0. The Morgan fingerprint density at radius 3 is 0.850 bits per heavy atom. The molecule has 20 heavy (non-hydrogen) atoms. The van der Waals surface area contributed by atoms with Crippen LogP contribution in [0.1, 0.15) is 51.4 Å². The van der Waals surface area contributed by atoms with Crippen molar-refractivity contribution in [2.45, 2.75) is 51.4 Å². The number of hydrogen-bond acceptors (Lipinski definition) is 2. The van der Waals surface area contributed by atoms with E-state index in [1.54, 1.807) is 0 Å². The Morgan fingerprint density at radius 1 is 0.450 bits per heavy atom. The van der Waals surface area contributed by atoms with Crippen LogP contribution < -0.4 is 0 Å². The van der Waals surface area contributed by atoms with E-state index in [1.165, 1.54) is 51.4 Å². The first-order valence-electron chi connectivity index (χ1n) is 8.83. The van der Waals surface area contributed by atoms with Crippen LogP contribution in [0, 0.1) is 47.3 Å². The zero-order chi connectivity index (χ0) is 13.4. The van der Waals surface area contributed by atoms with Gasteiger partial charge in [0.25, 0.3) is 0 Å². The molecule has 4 unspecified atom stereocenters. The van der Waals surface area contributed by atoms with E-state index in [2.05, 4.69) is 0 Å². The molecule has 4 atom stereocenters. The van der Waals surface area contributed by atoms with Crippen LogP contribution >= 0.6 is 0 Å². The predicted molar refractivity (Wildman–Crippen MR) is 74.9 cm³/mol. The Labute approximate surface area is 120 Å². The zero-order valence-electron chi connectivity index (χ0n) is 12.1. The van der Waals surface area contributed by atoms with Crippen molar-refractivity contribution in [3.05, 3.63) is 0 Å². The quantitative estimate of drug-likeness (QED) is 0.678. The van der Waals surface area contributed by atoms with E-state index in [0.717, 1.165) is 0 Å². The second-order valence-corrected chi connectivity index (χ2v) is 8.26. The molecule has 0 aliphatic heterocycles. The first-order chi connectivity index (χ1) is 9.75. The van der Waals surface area contributed by atoms with E-state index < -0.39 is 0 Å². The highest BCUT2D eigenvalue weighted by Crippen LogP contribution is 2.60. The van der Waals surface area contributed by atoms with Gasteiger partial charge in [-0.05, 0) is 75.0 Å². The van der Waals surface area contributed by atoms with Gasteiger partial charge in [0, 0.05) is 23.7 Å². The smallest absolute Gasteiger partial charge is 0.141 e. The van der Waals surface area contributed by atoms with Crippen LogP contribution in [0.25, 0.3) is 0 Å². The molecule has 7 aliphatic rings. The van der Waals surface area contributed by atoms with Gasteiger partial charge in [0.1, 0.15) is 11.6 Å². The summed E-state index contributed by atoms with van der Waals surface area (Å²) in [6.45, 7) is 0. The molecule has 2 nitrogen and oxygen atoms in total. The van der Waals surface area contributed by atoms with E-state index in [0.29, 0.717) is 35.2 Å². The van der Waals surface area contributed by atoms with E-state index in [1.807, 2.05) is 0 Å². The molecule has 0 heterocycles. The third kappa shape index (κ3) is 1.31. The molecule has 4 bridgehead atoms. The van der Waals surface area contributed by atoms with Crippen molar-refractivity contribution in [2.75, 3.05) is 0 Å². The molecule has 0 aromatic carbocycles. The average Bonchev–Trinajstić information content (AvgIpc) is 2.53. The fourth-order valence-electron chi connectivity index (χ4n) is 6.98. The lowest BCUT2D eigenvalue weighted by Gasteiger charge is -2.58. The molecule has 0 aromatic heterocycles. The second kappa shape index (κ2) is 3.96. The Kier molecular flexibility index (Phi) is 2.36. The molecular weight excluding hydrogens is 248 g/mol. The normalized spacial score (nSPS) is 56.6. The van der Waals surface area contributed by atoms with Crippen molar-refractivity contribution in [1.29, 1.82) is 0 Å². The van der Waals surface area contributed by atoms with Crippen molar-refractivity contribution in [3.63, 3.8) is 0 Å². The lowest BCUT2D eigenvalue weighted by atomic mass is 9.44. The Bertz CT molecular complexity index is 382. The van der Waals surface area contributed by atoms with Crippen molar-refractivity contribution >= 4 is 11.6 Å². The van der Waals surface area contributed by atoms with Gasteiger partial charge < -0.3 is 0 Å². The van der Waals surface area contributed by atoms with Crippen LogP contribution in [0.3, 0.4) is 0 Å². The highest BCUT2D eigenvalue weighted by molar-refractivity contribution is 6.00. The van der Waals surface area contributed by atoms with E-state index in [9.17, 15) is 9.59 Å². The van der Waals surface area contributed by atoms with E-state index in [-0.39, 0.29) is 23.7 Å². The lowest BCUT2D eigenvalue weighted by Crippen LogP contribution is -2.61. The molecule has 0 saturated heterocycles. The number of carbonyl (C=O) groups excluding carboxylic acids is 2. The second-order valence-electron chi connectivity index (χ2n) is 8.26. The summed E-state index contributed by atoms with van der Waals surface area (Å²) in [5.41, 5.74) is 0. The maximum absolute atomic E-state index is 13.2. The maximum Gasteiger partial charge on any atom is 0.141 e. The molecular formula is C18H24O2. The largest absolute Gasteiger partial charge is 0.299 e. The number of rotatable bonds is 0. The molecule has 0 radical (unpaired) electrons. The minimum atomic E-state index is 0.149. The van der Waals surface area contributed by atoms with Gasteiger partial charge in [-0.25, -0.2) is 0 Å². The molecule has 0 aromatic rings. The molecule has 108 valence electrons. The number of ketones is 2. The van der Waals surface area contributed by atoms with Gasteiger partial charge in [0.05, 0.1) is 0 Å². The number of carbonyl (C=O) groups is 2. The van der Waals surface area contributed by atoms with Gasteiger partial charge in [0.2, 0.25) is 0 Å². The van der Waals surface area contributed by atoms with Gasteiger partial charge in [-0.3, -0.25) is 9.59 Å². The maximum atomic E-state index is 13.2. The molecule has 7 saturated carbocycles. The molecule has 7 fully saturated rings. The van der Waals surface area contributed by atoms with Crippen LogP contribution in [-0.4, -0.2) is 11.6 Å². The standard InChI is InChI=1S/C18H24O2/c19-17-13-9-1-2-10(4-3-9)14(13)18(20)16-12-7-5-11(6-8-12)15(16)17/h9-16H,1-8H2. The van der Waals surface area contributed by atoms with Crippen LogP contribution in [0.4, 0.5) is 0 Å². The molecule has 7 aliphatic carbocycles. The molecule has 0 amide bonds. The average molecular weight is 272 g/mol. The Hall–Kier alpha value is -0.660. The zero-order valence-corrected chi connectivity index (χ0v) is 12.1. The summed E-state index contributed by atoms with van der Waals surface area (Å²) in [6.07, 6.45) is 9.75. The van der Waals surface area contributed by atoms with Gasteiger partial charge in [-0.1, -0.05) is 0 Å². The number of hydrogen-bond donors (Lipinski definition) is 0. The van der Waals surface area contributed by atoms with Crippen molar-refractivity contribution in [1.82, 2.24) is 0 Å². The number of Topliss-reactive ketones (excluding diaryl/α,β-unsaturated/α-hetero) is 2. The minimum absolute atomic E-state index is 0.149. The topological polar surface area (TPSA) is 34.1 Å². The fourth-order valence-corrected chi connectivity index (χ4v) is 6.98. The summed E-state index contributed by atoms with van der Waals surface area (Å²) in [5.74, 6) is 3.92. The van der Waals surface area contributed by atoms with Crippen LogP contribution in [0.2, 0.25) is 0 Å². The van der Waals surface area contributed by atoms with E-state index in [4.69, 9.17) is 0 Å². The third-order valence-electron chi connectivity index (χ3n) is 7.75. The fraction of sp³-hybridized carbons (Fsp3) is 0.889. The van der Waals surface area contributed by atoms with Gasteiger partial charge in [-0.2, -0.15) is 0 Å². The SMILES string of the molecule is O=C1C2C3CCC(CC3)C2C(=O)C2C3CCC(CC3)C12. The monoisotopic (exact) mass is 272 g/mol. The van der Waals surface area contributed by atoms with Crippen LogP contribution in [-0.2, 0) is 9.59 Å². The summed E-state index contributed by atoms with van der Waals surface area (Å²) in [5, 5.41) is 0. The van der Waals surface area contributed by atoms with Crippen LogP contribution in [0.5, 0.6) is 0 Å². The molecule has 0 N–H and O–H groups in total. The predicted octanol–water partition coefficient (Wildman–Crippen LogP) is 3.24. The molecule has 0 spiro atoms. The van der Waals surface area contributed by atoms with Crippen LogP contribution in [0.15, 0.2) is 0 Å². The van der Waals surface area contributed by atoms with Gasteiger partial charge >= 0.3 is 0 Å². The summed E-state index contributed by atoms with van der Waals surface area (Å²) in [4.78, 5) is 26.3. The molecule has 2 heteroatoms. The van der Waals surface area contributed by atoms with Gasteiger partial charge in [-0.15, -0.1) is 0 Å². The first-order valence-corrected chi connectivity index (χ1v) is 8.83. The minimum Gasteiger partial charge on any atom is -0.299 e. The summed E-state index contributed by atoms with van der Waals surface area (Å²) in [6, 6.07) is 0. The molecule has 7 rings (SSSR count). The first kappa shape index (κ1) is 11.9. The lowest BCUT2D eigenvalue weighted by molar-refractivity contribution is -0.170. The highest BCUT2D eigenvalue weighted by Gasteiger charge is 2.62. The van der Waals surface area contributed by atoms with Crippen molar-refractivity contribution in [3.8, 4) is 0 Å². The number of fused-ring (bicyclic) bond motifs is 4. The Morgan fingerprint density at radius 2 is 0.650 bits per heavy atom. The third-order valence-corrected chi connectivity index (χ3v) is 7.75. The van der Waals surface area contributed by atoms with Crippen molar-refractivity contribution in [2.24, 2.45) is 47.3 Å². The Balaban J connectivity index is 1.59. The van der Waals surface area contributed by atoms with Gasteiger partial charge in [0.15, 0.2) is 0 Å². The summed E-state index contributed by atoms with van der Waals surface area (Å²) < 4.78 is 0. The summed E-state index contributed by atoms with van der Waals surface area (Å²) >= 11 is 0. The van der Waals surface area contributed by atoms with E-state index >= 15 is 0 Å².